The fraction of sp³-hybridized carbons (Fsp3) is 0.133. The van der Waals surface area contributed by atoms with Gasteiger partial charge in [0.15, 0.2) is 0 Å². The lowest BCUT2D eigenvalue weighted by Crippen LogP contribution is -2.12. The molecule has 0 atom stereocenters. The van der Waals surface area contributed by atoms with Crippen molar-refractivity contribution in [1.82, 2.24) is 0 Å². The molecule has 0 unspecified atom stereocenters. The van der Waals surface area contributed by atoms with Crippen LogP contribution in [0.25, 0.3) is 0 Å². The lowest BCUT2D eigenvalue weighted by atomic mass is 10.1. The van der Waals surface area contributed by atoms with Gasteiger partial charge in [-0.2, -0.15) is 0 Å². The van der Waals surface area contributed by atoms with E-state index in [0.29, 0.717) is 17.0 Å². The number of nitrogens with one attached hydrogen (secondary N) is 1. The number of amides is 1. The summed E-state index contributed by atoms with van der Waals surface area (Å²) in [5, 5.41) is 2.72. The first-order valence-electron chi connectivity index (χ1n) is 5.92. The monoisotopic (exact) mass is 337 g/mol. The van der Waals surface area contributed by atoms with Crippen LogP contribution in [-0.4, -0.2) is 13.0 Å². The van der Waals surface area contributed by atoms with Crippen LogP contribution >= 0.6 is 15.9 Å². The maximum absolute atomic E-state index is 13.5. The Labute approximate surface area is 124 Å². The molecule has 20 heavy (non-hydrogen) atoms. The molecule has 0 aliphatic carbocycles. The fourth-order valence-corrected chi connectivity index (χ4v) is 2.00. The van der Waals surface area contributed by atoms with Gasteiger partial charge in [-0.3, -0.25) is 4.79 Å². The Hall–Kier alpha value is -1.88. The van der Waals surface area contributed by atoms with E-state index in [1.54, 1.807) is 44.4 Å². The molecule has 1 amide bonds. The molecule has 2 rings (SSSR count). The van der Waals surface area contributed by atoms with Gasteiger partial charge in [0.2, 0.25) is 0 Å². The van der Waals surface area contributed by atoms with Crippen molar-refractivity contribution in [3.8, 4) is 5.75 Å². The van der Waals surface area contributed by atoms with E-state index in [1.807, 2.05) is 0 Å². The summed E-state index contributed by atoms with van der Waals surface area (Å²) in [5.74, 6) is -0.154. The van der Waals surface area contributed by atoms with Gasteiger partial charge < -0.3 is 10.1 Å². The number of rotatable bonds is 3. The zero-order chi connectivity index (χ0) is 14.7. The van der Waals surface area contributed by atoms with Crippen molar-refractivity contribution in [2.24, 2.45) is 0 Å². The first-order chi connectivity index (χ1) is 9.51. The van der Waals surface area contributed by atoms with Crippen molar-refractivity contribution < 1.29 is 13.9 Å². The van der Waals surface area contributed by atoms with Gasteiger partial charge in [0, 0.05) is 16.1 Å². The molecule has 0 aliphatic heterocycles. The van der Waals surface area contributed by atoms with E-state index in [4.69, 9.17) is 4.74 Å². The van der Waals surface area contributed by atoms with Crippen LogP contribution in [0.3, 0.4) is 0 Å². The molecule has 0 heterocycles. The molecular weight excluding hydrogens is 325 g/mol. The summed E-state index contributed by atoms with van der Waals surface area (Å²) in [6.45, 7) is 1.65. The third-order valence-corrected chi connectivity index (χ3v) is 3.55. The van der Waals surface area contributed by atoms with Gasteiger partial charge in [-0.25, -0.2) is 4.39 Å². The number of aryl methyl sites for hydroxylation is 1. The Balaban J connectivity index is 2.25. The van der Waals surface area contributed by atoms with E-state index in [1.165, 1.54) is 6.07 Å². The highest BCUT2D eigenvalue weighted by molar-refractivity contribution is 9.10. The fourth-order valence-electron chi connectivity index (χ4n) is 1.66. The van der Waals surface area contributed by atoms with Crippen molar-refractivity contribution in [3.05, 3.63) is 57.8 Å². The Bertz CT molecular complexity index is 658. The molecule has 0 aromatic heterocycles. The number of anilines is 1. The standard InChI is InChI=1S/C15H13BrFNO2/c1-9-3-4-10(7-13(9)17)15(19)18-14-8-11(20-2)5-6-12(14)16/h3-8H,1-2H3,(H,18,19). The second-order valence-electron chi connectivity index (χ2n) is 4.26. The molecule has 0 fully saturated rings. The molecule has 0 bridgehead atoms. The average Bonchev–Trinajstić information content (AvgIpc) is 2.44. The number of ether oxygens (including phenoxy) is 1. The third-order valence-electron chi connectivity index (χ3n) is 2.86. The molecule has 0 spiro atoms. The van der Waals surface area contributed by atoms with E-state index >= 15 is 0 Å². The van der Waals surface area contributed by atoms with Crippen molar-refractivity contribution in [1.29, 1.82) is 0 Å². The number of methoxy groups -OCH3 is 1. The van der Waals surface area contributed by atoms with Crippen LogP contribution in [0.2, 0.25) is 0 Å². The summed E-state index contributed by atoms with van der Waals surface area (Å²) in [6.07, 6.45) is 0. The molecule has 0 radical (unpaired) electrons. The first kappa shape index (κ1) is 14.5. The molecule has 0 saturated heterocycles. The highest BCUT2D eigenvalue weighted by Gasteiger charge is 2.11. The van der Waals surface area contributed by atoms with Crippen molar-refractivity contribution in [2.75, 3.05) is 12.4 Å². The number of benzene rings is 2. The maximum Gasteiger partial charge on any atom is 0.255 e. The van der Waals surface area contributed by atoms with Crippen molar-refractivity contribution in [2.45, 2.75) is 6.92 Å². The quantitative estimate of drug-likeness (QED) is 0.913. The Morgan fingerprint density at radius 2 is 2.00 bits per heavy atom. The van der Waals surface area contributed by atoms with E-state index in [9.17, 15) is 9.18 Å². The molecule has 2 aromatic carbocycles. The van der Waals surface area contributed by atoms with E-state index in [0.717, 1.165) is 4.47 Å². The van der Waals surface area contributed by atoms with Gasteiger partial charge >= 0.3 is 0 Å². The lowest BCUT2D eigenvalue weighted by molar-refractivity contribution is 0.102. The van der Waals surface area contributed by atoms with Gasteiger partial charge in [0.25, 0.3) is 5.91 Å². The molecule has 5 heteroatoms. The second-order valence-corrected chi connectivity index (χ2v) is 5.12. The van der Waals surface area contributed by atoms with Gasteiger partial charge in [0.1, 0.15) is 11.6 Å². The van der Waals surface area contributed by atoms with Gasteiger partial charge in [0.05, 0.1) is 12.8 Å². The number of carbonyl (C=O) groups is 1. The lowest BCUT2D eigenvalue weighted by Gasteiger charge is -2.09. The summed E-state index contributed by atoms with van der Waals surface area (Å²) in [4.78, 5) is 12.1. The van der Waals surface area contributed by atoms with Crippen LogP contribution in [0, 0.1) is 12.7 Å². The molecule has 0 aliphatic rings. The first-order valence-corrected chi connectivity index (χ1v) is 6.71. The normalized spacial score (nSPS) is 10.2. The molecular formula is C15H13BrFNO2. The van der Waals surface area contributed by atoms with Crippen molar-refractivity contribution >= 4 is 27.5 Å². The van der Waals surface area contributed by atoms with Gasteiger partial charge in [-0.05, 0) is 52.7 Å². The Morgan fingerprint density at radius 3 is 2.65 bits per heavy atom. The largest absolute Gasteiger partial charge is 0.497 e. The third kappa shape index (κ3) is 3.17. The Morgan fingerprint density at radius 1 is 1.25 bits per heavy atom. The summed E-state index contributed by atoms with van der Waals surface area (Å²) < 4.78 is 19.3. The summed E-state index contributed by atoms with van der Waals surface area (Å²) >= 11 is 3.34. The molecule has 1 N–H and O–H groups in total. The average molecular weight is 338 g/mol. The number of hydrogen-bond acceptors (Lipinski definition) is 2. The highest BCUT2D eigenvalue weighted by Crippen LogP contribution is 2.27. The van der Waals surface area contributed by atoms with Crippen molar-refractivity contribution in [3.63, 3.8) is 0 Å². The Kier molecular flexibility index (Phi) is 4.39. The molecule has 3 nitrogen and oxygen atoms in total. The van der Waals surface area contributed by atoms with Crippen LogP contribution in [0.1, 0.15) is 15.9 Å². The minimum Gasteiger partial charge on any atom is -0.497 e. The smallest absolute Gasteiger partial charge is 0.255 e. The summed E-state index contributed by atoms with van der Waals surface area (Å²) in [6, 6.07) is 9.60. The molecule has 104 valence electrons. The van der Waals surface area contributed by atoms with Crippen LogP contribution in [0.15, 0.2) is 40.9 Å². The molecule has 2 aromatic rings. The van der Waals surface area contributed by atoms with E-state index < -0.39 is 5.82 Å². The van der Waals surface area contributed by atoms with Gasteiger partial charge in [-0.15, -0.1) is 0 Å². The minimum atomic E-state index is -0.401. The van der Waals surface area contributed by atoms with Gasteiger partial charge in [-0.1, -0.05) is 6.07 Å². The van der Waals surface area contributed by atoms with E-state index in [-0.39, 0.29) is 11.5 Å². The number of halogens is 2. The SMILES string of the molecule is COc1ccc(Br)c(NC(=O)c2ccc(C)c(F)c2)c1. The predicted molar refractivity (Wildman–Crippen MR) is 79.8 cm³/mol. The van der Waals surface area contributed by atoms with Crippen LogP contribution in [0.4, 0.5) is 10.1 Å². The summed E-state index contributed by atoms with van der Waals surface area (Å²) in [7, 11) is 1.55. The highest BCUT2D eigenvalue weighted by atomic mass is 79.9. The summed E-state index contributed by atoms with van der Waals surface area (Å²) in [5.41, 5.74) is 1.34. The predicted octanol–water partition coefficient (Wildman–Crippen LogP) is 4.16. The number of hydrogen-bond donors (Lipinski definition) is 1. The van der Waals surface area contributed by atoms with Crippen LogP contribution < -0.4 is 10.1 Å². The number of carbonyl (C=O) groups excluding carboxylic acids is 1. The zero-order valence-electron chi connectivity index (χ0n) is 11.0. The van der Waals surface area contributed by atoms with E-state index in [2.05, 4.69) is 21.2 Å². The second kappa shape index (κ2) is 6.05. The zero-order valence-corrected chi connectivity index (χ0v) is 12.6. The topological polar surface area (TPSA) is 38.3 Å². The van der Waals surface area contributed by atoms with Crippen LogP contribution in [-0.2, 0) is 0 Å². The minimum absolute atomic E-state index is 0.266. The maximum atomic E-state index is 13.5. The molecule has 0 saturated carbocycles. The van der Waals surface area contributed by atoms with Crippen LogP contribution in [0.5, 0.6) is 5.75 Å².